The number of anilines is 2. The van der Waals surface area contributed by atoms with Crippen molar-refractivity contribution in [3.63, 3.8) is 0 Å². The van der Waals surface area contributed by atoms with Crippen molar-refractivity contribution < 1.29 is 14.1 Å². The molecule has 0 unspecified atom stereocenters. The number of carbonyl (C=O) groups is 2. The Morgan fingerprint density at radius 2 is 1.65 bits per heavy atom. The molecule has 0 N–H and O–H groups in total. The lowest BCUT2D eigenvalue weighted by Crippen LogP contribution is -2.53. The van der Waals surface area contributed by atoms with E-state index in [1.54, 1.807) is 18.7 Å². The van der Waals surface area contributed by atoms with Crippen LogP contribution < -0.4 is 9.80 Å². The summed E-state index contributed by atoms with van der Waals surface area (Å²) in [6.07, 6.45) is 0. The van der Waals surface area contributed by atoms with Gasteiger partial charge in [0.05, 0.1) is 11.1 Å². The second-order valence-electron chi connectivity index (χ2n) is 8.76. The molecule has 160 valence electrons. The largest absolute Gasteiger partial charge is 0.354 e. The fourth-order valence-corrected chi connectivity index (χ4v) is 4.53. The number of ketones is 1. The van der Waals surface area contributed by atoms with Crippen molar-refractivity contribution in [3.8, 4) is 0 Å². The Morgan fingerprint density at radius 1 is 0.935 bits per heavy atom. The summed E-state index contributed by atoms with van der Waals surface area (Å²) < 4.78 is 5.45. The third-order valence-electron chi connectivity index (χ3n) is 6.46. The van der Waals surface area contributed by atoms with Crippen LogP contribution in [0.1, 0.15) is 24.2 Å². The maximum Gasteiger partial charge on any atom is 0.240 e. The van der Waals surface area contributed by atoms with Gasteiger partial charge in [0.1, 0.15) is 5.41 Å². The lowest BCUT2D eigenvalue weighted by Gasteiger charge is -2.39. The summed E-state index contributed by atoms with van der Waals surface area (Å²) >= 11 is 0. The Labute approximate surface area is 181 Å². The number of para-hydroxylation sites is 2. The summed E-state index contributed by atoms with van der Waals surface area (Å²) in [6.45, 7) is 8.25. The molecule has 0 radical (unpaired) electrons. The highest BCUT2D eigenvalue weighted by Gasteiger charge is 2.45. The highest BCUT2D eigenvalue weighted by atomic mass is 16.5. The van der Waals surface area contributed by atoms with Crippen LogP contribution in [0.25, 0.3) is 11.0 Å². The topological polar surface area (TPSA) is 69.9 Å². The van der Waals surface area contributed by atoms with Gasteiger partial charge in [-0.15, -0.1) is 0 Å². The molecular weight excluding hydrogens is 392 g/mol. The van der Waals surface area contributed by atoms with E-state index in [0.717, 1.165) is 55.2 Å². The zero-order valence-corrected chi connectivity index (χ0v) is 17.9. The summed E-state index contributed by atoms with van der Waals surface area (Å²) in [7, 11) is 0. The number of carbonyl (C=O) groups excluding carboxylic acids is 2. The van der Waals surface area contributed by atoms with Crippen LogP contribution in [0.2, 0.25) is 0 Å². The summed E-state index contributed by atoms with van der Waals surface area (Å²) in [6, 6.07) is 15.3. The summed E-state index contributed by atoms with van der Waals surface area (Å²) in [5, 5.41) is 5.31. The van der Waals surface area contributed by atoms with E-state index in [1.165, 1.54) is 0 Å². The van der Waals surface area contributed by atoms with Crippen molar-refractivity contribution in [1.29, 1.82) is 0 Å². The number of fused-ring (bicyclic) bond motifs is 2. The average molecular weight is 418 g/mol. The van der Waals surface area contributed by atoms with Gasteiger partial charge in [0.2, 0.25) is 5.91 Å². The first-order valence-electron chi connectivity index (χ1n) is 10.7. The van der Waals surface area contributed by atoms with Crippen molar-refractivity contribution >= 4 is 34.2 Å². The molecule has 31 heavy (non-hydrogen) atoms. The van der Waals surface area contributed by atoms with Gasteiger partial charge in [-0.2, -0.15) is 0 Å². The highest BCUT2D eigenvalue weighted by molar-refractivity contribution is 6.24. The molecule has 1 aromatic heterocycles. The Bertz CT molecular complexity index is 1140. The van der Waals surface area contributed by atoms with Crippen LogP contribution in [0, 0.1) is 5.41 Å². The molecule has 1 amide bonds. The molecule has 0 spiro atoms. The van der Waals surface area contributed by atoms with Crippen molar-refractivity contribution in [3.05, 3.63) is 54.1 Å². The van der Waals surface area contributed by atoms with Gasteiger partial charge in [-0.25, -0.2) is 0 Å². The fourth-order valence-electron chi connectivity index (χ4n) is 4.53. The molecule has 3 heterocycles. The average Bonchev–Trinajstić information content (AvgIpc) is 3.23. The molecule has 2 aliphatic heterocycles. The van der Waals surface area contributed by atoms with Crippen LogP contribution in [0.3, 0.4) is 0 Å². The molecule has 1 fully saturated rings. The van der Waals surface area contributed by atoms with Crippen LogP contribution in [-0.4, -0.2) is 61.0 Å². The fraction of sp³-hybridized carbons (Fsp3) is 0.375. The minimum atomic E-state index is -1.03. The second kappa shape index (κ2) is 7.50. The summed E-state index contributed by atoms with van der Waals surface area (Å²) in [5.74, 6) is 0.678. The number of piperazine rings is 1. The highest BCUT2D eigenvalue weighted by Crippen LogP contribution is 2.37. The maximum absolute atomic E-state index is 13.1. The number of hydrogen-bond acceptors (Lipinski definition) is 6. The van der Waals surface area contributed by atoms with Crippen molar-refractivity contribution in [1.82, 2.24) is 10.1 Å². The SMILES string of the molecule is CC1(C)C(=O)c2ccccc2N(CCN2CCN(c3noc4ccccc34)CC2)C1=O. The number of amides is 1. The Kier molecular flexibility index (Phi) is 4.78. The van der Waals surface area contributed by atoms with E-state index in [1.807, 2.05) is 48.5 Å². The minimum Gasteiger partial charge on any atom is -0.354 e. The minimum absolute atomic E-state index is 0.0993. The molecule has 1 saturated heterocycles. The molecule has 2 aromatic carbocycles. The van der Waals surface area contributed by atoms with Crippen LogP contribution >= 0.6 is 0 Å². The van der Waals surface area contributed by atoms with Crippen molar-refractivity contribution in [2.45, 2.75) is 13.8 Å². The summed E-state index contributed by atoms with van der Waals surface area (Å²) in [5.41, 5.74) is 1.14. The number of rotatable bonds is 4. The van der Waals surface area contributed by atoms with E-state index >= 15 is 0 Å². The summed E-state index contributed by atoms with van der Waals surface area (Å²) in [4.78, 5) is 32.3. The zero-order chi connectivity index (χ0) is 21.6. The molecule has 5 rings (SSSR count). The molecule has 0 bridgehead atoms. The standard InChI is InChI=1S/C24H26N4O3/c1-24(2)21(29)17-7-3-5-9-19(17)28(23(24)30)16-13-26-11-14-27(15-12-26)22-18-8-4-6-10-20(18)31-25-22/h3-10H,11-16H2,1-2H3. The van der Waals surface area contributed by atoms with Gasteiger partial charge in [-0.1, -0.05) is 29.4 Å². The van der Waals surface area contributed by atoms with Gasteiger partial charge in [0.15, 0.2) is 17.2 Å². The first-order chi connectivity index (χ1) is 15.0. The van der Waals surface area contributed by atoms with E-state index in [4.69, 9.17) is 4.52 Å². The predicted octanol–water partition coefficient (Wildman–Crippen LogP) is 3.21. The van der Waals surface area contributed by atoms with Crippen LogP contribution in [0.5, 0.6) is 0 Å². The molecule has 0 saturated carbocycles. The van der Waals surface area contributed by atoms with Gasteiger partial charge >= 0.3 is 0 Å². The van der Waals surface area contributed by atoms with E-state index < -0.39 is 5.41 Å². The van der Waals surface area contributed by atoms with Gasteiger partial charge in [-0.05, 0) is 38.1 Å². The molecule has 0 atom stereocenters. The van der Waals surface area contributed by atoms with E-state index in [0.29, 0.717) is 12.1 Å². The van der Waals surface area contributed by atoms with E-state index in [2.05, 4.69) is 15.0 Å². The van der Waals surface area contributed by atoms with E-state index in [9.17, 15) is 9.59 Å². The van der Waals surface area contributed by atoms with Gasteiger partial charge in [0.25, 0.3) is 0 Å². The van der Waals surface area contributed by atoms with E-state index in [-0.39, 0.29) is 11.7 Å². The molecule has 7 nitrogen and oxygen atoms in total. The third-order valence-corrected chi connectivity index (χ3v) is 6.46. The smallest absolute Gasteiger partial charge is 0.240 e. The monoisotopic (exact) mass is 418 g/mol. The van der Waals surface area contributed by atoms with Crippen LogP contribution in [-0.2, 0) is 4.79 Å². The van der Waals surface area contributed by atoms with Crippen molar-refractivity contribution in [2.75, 3.05) is 49.1 Å². The molecule has 0 aliphatic carbocycles. The second-order valence-corrected chi connectivity index (χ2v) is 8.76. The molecule has 3 aromatic rings. The normalized spacial score (nSPS) is 19.2. The lowest BCUT2D eigenvalue weighted by molar-refractivity contribution is -0.124. The molecule has 7 heteroatoms. The Hall–Kier alpha value is -3.19. The number of nitrogens with zero attached hydrogens (tertiary/aromatic N) is 4. The van der Waals surface area contributed by atoms with Crippen molar-refractivity contribution in [2.24, 2.45) is 5.41 Å². The molecule has 2 aliphatic rings. The Balaban J connectivity index is 1.26. The van der Waals surface area contributed by atoms with Gasteiger partial charge in [0, 0.05) is 44.8 Å². The number of aromatic nitrogens is 1. The zero-order valence-electron chi connectivity index (χ0n) is 17.9. The third kappa shape index (κ3) is 3.29. The first kappa shape index (κ1) is 19.8. The van der Waals surface area contributed by atoms with Gasteiger partial charge in [-0.3, -0.25) is 14.5 Å². The lowest BCUT2D eigenvalue weighted by atomic mass is 9.79. The maximum atomic E-state index is 13.1. The molecular formula is C24H26N4O3. The number of benzene rings is 2. The van der Waals surface area contributed by atoms with Crippen LogP contribution in [0.15, 0.2) is 53.1 Å². The number of Topliss-reactive ketones (excluding diaryl/α,β-unsaturated/α-hetero) is 1. The Morgan fingerprint density at radius 3 is 2.45 bits per heavy atom. The first-order valence-corrected chi connectivity index (χ1v) is 10.7. The number of hydrogen-bond donors (Lipinski definition) is 0. The van der Waals surface area contributed by atoms with Gasteiger partial charge < -0.3 is 14.3 Å². The van der Waals surface area contributed by atoms with Crippen LogP contribution in [0.4, 0.5) is 11.5 Å². The quantitative estimate of drug-likeness (QED) is 0.606. The predicted molar refractivity (Wildman–Crippen MR) is 120 cm³/mol.